The third-order valence-electron chi connectivity index (χ3n) is 5.21. The van der Waals surface area contributed by atoms with E-state index >= 15 is 0 Å². The number of hydrogen-bond acceptors (Lipinski definition) is 1. The Morgan fingerprint density at radius 3 is 2.83 bits per heavy atom. The second kappa shape index (κ2) is 4.70. The van der Waals surface area contributed by atoms with Gasteiger partial charge in [0.15, 0.2) is 0 Å². The van der Waals surface area contributed by atoms with Crippen LogP contribution >= 0.6 is 0 Å². The van der Waals surface area contributed by atoms with Crippen molar-refractivity contribution in [2.45, 2.75) is 63.8 Å². The summed E-state index contributed by atoms with van der Waals surface area (Å²) in [6, 6.07) is 7.09. The largest absolute Gasteiger partial charge is 0.325 e. The van der Waals surface area contributed by atoms with E-state index in [1.165, 1.54) is 50.5 Å². The molecule has 0 radical (unpaired) electrons. The van der Waals surface area contributed by atoms with Crippen molar-refractivity contribution in [3.63, 3.8) is 0 Å². The van der Waals surface area contributed by atoms with Crippen LogP contribution in [-0.2, 0) is 19.3 Å². The lowest BCUT2D eigenvalue weighted by Crippen LogP contribution is -2.49. The fourth-order valence-electron chi connectivity index (χ4n) is 3.82. The second-order valence-electron chi connectivity index (χ2n) is 6.51. The zero-order valence-corrected chi connectivity index (χ0v) is 11.5. The highest BCUT2D eigenvalue weighted by atomic mass is 14.8. The van der Waals surface area contributed by atoms with E-state index in [0.717, 1.165) is 6.42 Å². The standard InChI is InChI=1S/C17H25N/c1-13-5-2-3-10-17(13,18)12-14-8-9-15-6-4-7-16(15)11-14/h8-9,11,13H,2-7,10,12,18H2,1H3. The van der Waals surface area contributed by atoms with Crippen molar-refractivity contribution in [2.75, 3.05) is 0 Å². The van der Waals surface area contributed by atoms with Crippen LogP contribution in [0.3, 0.4) is 0 Å². The number of benzene rings is 1. The van der Waals surface area contributed by atoms with E-state index in [1.54, 1.807) is 11.1 Å². The highest BCUT2D eigenvalue weighted by molar-refractivity contribution is 5.36. The Morgan fingerprint density at radius 1 is 1.17 bits per heavy atom. The molecule has 2 unspecified atom stereocenters. The summed E-state index contributed by atoms with van der Waals surface area (Å²) in [7, 11) is 0. The van der Waals surface area contributed by atoms with Gasteiger partial charge >= 0.3 is 0 Å². The first kappa shape index (κ1) is 12.2. The molecule has 2 aliphatic rings. The Bertz CT molecular complexity index is 437. The Morgan fingerprint density at radius 2 is 2.00 bits per heavy atom. The topological polar surface area (TPSA) is 26.0 Å². The summed E-state index contributed by atoms with van der Waals surface area (Å²) in [5.41, 5.74) is 11.3. The van der Waals surface area contributed by atoms with E-state index < -0.39 is 0 Å². The molecule has 1 saturated carbocycles. The van der Waals surface area contributed by atoms with Gasteiger partial charge in [-0.15, -0.1) is 0 Å². The molecule has 1 fully saturated rings. The van der Waals surface area contributed by atoms with E-state index in [4.69, 9.17) is 5.73 Å². The molecular formula is C17H25N. The van der Waals surface area contributed by atoms with Gasteiger partial charge in [-0.25, -0.2) is 0 Å². The summed E-state index contributed by atoms with van der Waals surface area (Å²) in [6.45, 7) is 2.34. The van der Waals surface area contributed by atoms with Crippen molar-refractivity contribution in [3.05, 3.63) is 34.9 Å². The maximum absolute atomic E-state index is 6.68. The first-order chi connectivity index (χ1) is 8.67. The number of fused-ring (bicyclic) bond motifs is 1. The van der Waals surface area contributed by atoms with Gasteiger partial charge in [0, 0.05) is 5.54 Å². The highest BCUT2D eigenvalue weighted by Crippen LogP contribution is 2.35. The number of aryl methyl sites for hydroxylation is 2. The number of nitrogens with two attached hydrogens (primary N) is 1. The van der Waals surface area contributed by atoms with E-state index in [0.29, 0.717) is 5.92 Å². The quantitative estimate of drug-likeness (QED) is 0.843. The van der Waals surface area contributed by atoms with Gasteiger partial charge in [0.2, 0.25) is 0 Å². The molecule has 0 heterocycles. The molecular weight excluding hydrogens is 218 g/mol. The normalized spacial score (nSPS) is 31.3. The molecule has 1 heteroatoms. The molecule has 0 aliphatic heterocycles. The predicted octanol–water partition coefficient (Wildman–Crippen LogP) is 3.63. The predicted molar refractivity (Wildman–Crippen MR) is 76.7 cm³/mol. The van der Waals surface area contributed by atoms with Gasteiger partial charge in [0.1, 0.15) is 0 Å². The average Bonchev–Trinajstić information content (AvgIpc) is 2.80. The number of rotatable bonds is 2. The smallest absolute Gasteiger partial charge is 0.0221 e. The van der Waals surface area contributed by atoms with E-state index in [9.17, 15) is 0 Å². The van der Waals surface area contributed by atoms with Crippen molar-refractivity contribution >= 4 is 0 Å². The Kier molecular flexibility index (Phi) is 3.19. The molecule has 2 N–H and O–H groups in total. The molecule has 0 saturated heterocycles. The van der Waals surface area contributed by atoms with Crippen LogP contribution in [-0.4, -0.2) is 5.54 Å². The summed E-state index contributed by atoms with van der Waals surface area (Å²) in [5, 5.41) is 0. The van der Waals surface area contributed by atoms with E-state index in [2.05, 4.69) is 25.1 Å². The summed E-state index contributed by atoms with van der Waals surface area (Å²) >= 11 is 0. The molecule has 0 aromatic heterocycles. The fourth-order valence-corrected chi connectivity index (χ4v) is 3.82. The summed E-state index contributed by atoms with van der Waals surface area (Å²) < 4.78 is 0. The molecule has 0 bridgehead atoms. The molecule has 18 heavy (non-hydrogen) atoms. The second-order valence-corrected chi connectivity index (χ2v) is 6.51. The molecule has 0 spiro atoms. The van der Waals surface area contributed by atoms with Gasteiger partial charge in [0.25, 0.3) is 0 Å². The van der Waals surface area contributed by atoms with Crippen LogP contribution in [0, 0.1) is 5.92 Å². The first-order valence-corrected chi connectivity index (χ1v) is 7.57. The summed E-state index contributed by atoms with van der Waals surface area (Å²) in [6.07, 6.45) is 10.1. The van der Waals surface area contributed by atoms with Gasteiger partial charge in [-0.1, -0.05) is 38.0 Å². The van der Waals surface area contributed by atoms with Gasteiger partial charge in [-0.2, -0.15) is 0 Å². The van der Waals surface area contributed by atoms with Crippen molar-refractivity contribution in [1.29, 1.82) is 0 Å². The lowest BCUT2D eigenvalue weighted by Gasteiger charge is -2.39. The lowest BCUT2D eigenvalue weighted by atomic mass is 9.71. The van der Waals surface area contributed by atoms with Crippen LogP contribution < -0.4 is 5.73 Å². The van der Waals surface area contributed by atoms with Crippen molar-refractivity contribution < 1.29 is 0 Å². The van der Waals surface area contributed by atoms with Crippen LogP contribution in [0.4, 0.5) is 0 Å². The molecule has 1 nitrogen and oxygen atoms in total. The van der Waals surface area contributed by atoms with Crippen LogP contribution in [0.1, 0.15) is 55.7 Å². The van der Waals surface area contributed by atoms with E-state index in [-0.39, 0.29) is 5.54 Å². The van der Waals surface area contributed by atoms with Crippen LogP contribution in [0.2, 0.25) is 0 Å². The molecule has 1 aromatic carbocycles. The van der Waals surface area contributed by atoms with Crippen molar-refractivity contribution in [3.8, 4) is 0 Å². The van der Waals surface area contributed by atoms with Gasteiger partial charge in [-0.3, -0.25) is 0 Å². The minimum absolute atomic E-state index is 0.0467. The zero-order valence-electron chi connectivity index (χ0n) is 11.5. The molecule has 3 rings (SSSR count). The first-order valence-electron chi connectivity index (χ1n) is 7.57. The maximum Gasteiger partial charge on any atom is 0.0221 e. The van der Waals surface area contributed by atoms with Gasteiger partial charge < -0.3 is 5.73 Å². The zero-order chi connectivity index (χ0) is 12.6. The highest BCUT2D eigenvalue weighted by Gasteiger charge is 2.34. The fraction of sp³-hybridized carbons (Fsp3) is 0.647. The Labute approximate surface area is 111 Å². The average molecular weight is 243 g/mol. The molecule has 2 atom stereocenters. The minimum Gasteiger partial charge on any atom is -0.325 e. The maximum atomic E-state index is 6.68. The molecule has 2 aliphatic carbocycles. The van der Waals surface area contributed by atoms with Crippen LogP contribution in [0.15, 0.2) is 18.2 Å². The Balaban J connectivity index is 1.79. The van der Waals surface area contributed by atoms with Crippen molar-refractivity contribution in [1.82, 2.24) is 0 Å². The van der Waals surface area contributed by atoms with Crippen LogP contribution in [0.25, 0.3) is 0 Å². The third-order valence-corrected chi connectivity index (χ3v) is 5.21. The Hall–Kier alpha value is -0.820. The third kappa shape index (κ3) is 2.21. The van der Waals surface area contributed by atoms with Crippen molar-refractivity contribution in [2.24, 2.45) is 11.7 Å². The minimum atomic E-state index is 0.0467. The summed E-state index contributed by atoms with van der Waals surface area (Å²) in [5.74, 6) is 0.666. The van der Waals surface area contributed by atoms with Gasteiger partial charge in [-0.05, 0) is 61.1 Å². The van der Waals surface area contributed by atoms with Crippen LogP contribution in [0.5, 0.6) is 0 Å². The monoisotopic (exact) mass is 243 g/mol. The van der Waals surface area contributed by atoms with Gasteiger partial charge in [0.05, 0.1) is 0 Å². The SMILES string of the molecule is CC1CCCCC1(N)Cc1ccc2c(c1)CCC2. The molecule has 1 aromatic rings. The molecule has 98 valence electrons. The van der Waals surface area contributed by atoms with E-state index in [1.807, 2.05) is 0 Å². The summed E-state index contributed by atoms with van der Waals surface area (Å²) in [4.78, 5) is 0. The number of hydrogen-bond donors (Lipinski definition) is 1. The lowest BCUT2D eigenvalue weighted by molar-refractivity contribution is 0.204. The molecule has 0 amide bonds.